The van der Waals surface area contributed by atoms with Crippen LogP contribution in [0.1, 0.15) is 11.1 Å². The van der Waals surface area contributed by atoms with Gasteiger partial charge in [0, 0.05) is 10.0 Å². The molecule has 0 saturated heterocycles. The normalized spacial score (nSPS) is 10.8. The Morgan fingerprint density at radius 3 is 2.67 bits per heavy atom. The molecule has 0 atom stereocenters. The van der Waals surface area contributed by atoms with Crippen LogP contribution in [0.25, 0.3) is 0 Å². The third-order valence-electron chi connectivity index (χ3n) is 2.37. The van der Waals surface area contributed by atoms with Crippen molar-refractivity contribution in [3.63, 3.8) is 0 Å². The molecule has 0 aliphatic heterocycles. The van der Waals surface area contributed by atoms with Gasteiger partial charge >= 0.3 is 0 Å². The van der Waals surface area contributed by atoms with Crippen LogP contribution in [0.15, 0.2) is 52.0 Å². The summed E-state index contributed by atoms with van der Waals surface area (Å²) in [5.74, 6) is 0. The van der Waals surface area contributed by atoms with E-state index in [9.17, 15) is 0 Å². The molecular weight excluding hydrogens is 312 g/mol. The molecule has 2 aromatic carbocycles. The van der Waals surface area contributed by atoms with Crippen molar-refractivity contribution in [2.45, 2.75) is 6.92 Å². The molecule has 0 amide bonds. The second kappa shape index (κ2) is 6.03. The van der Waals surface area contributed by atoms with E-state index in [1.165, 1.54) is 0 Å². The fourth-order valence-electron chi connectivity index (χ4n) is 1.53. The van der Waals surface area contributed by atoms with Gasteiger partial charge in [0.25, 0.3) is 0 Å². The topological polar surface area (TPSA) is 24.4 Å². The average Bonchev–Trinajstić information content (AvgIpc) is 2.36. The van der Waals surface area contributed by atoms with Crippen molar-refractivity contribution in [2.24, 2.45) is 5.10 Å². The van der Waals surface area contributed by atoms with Gasteiger partial charge in [-0.1, -0.05) is 29.8 Å². The molecule has 92 valence electrons. The van der Waals surface area contributed by atoms with E-state index in [0.29, 0.717) is 5.02 Å². The minimum Gasteiger partial charge on any atom is -0.279 e. The van der Waals surface area contributed by atoms with E-state index in [0.717, 1.165) is 21.3 Å². The van der Waals surface area contributed by atoms with Crippen LogP contribution in [0.5, 0.6) is 0 Å². The number of aryl methyl sites for hydroxylation is 1. The average molecular weight is 324 g/mol. The van der Waals surface area contributed by atoms with E-state index < -0.39 is 0 Å². The molecule has 0 bridgehead atoms. The van der Waals surface area contributed by atoms with Crippen LogP contribution < -0.4 is 5.43 Å². The molecule has 0 aliphatic carbocycles. The summed E-state index contributed by atoms with van der Waals surface area (Å²) < 4.78 is 0.880. The number of anilines is 1. The maximum absolute atomic E-state index is 6.18. The number of para-hydroxylation sites is 1. The number of benzene rings is 2. The van der Waals surface area contributed by atoms with Gasteiger partial charge in [0.05, 0.1) is 16.9 Å². The van der Waals surface area contributed by atoms with Crippen LogP contribution >= 0.6 is 27.5 Å². The third-order valence-corrected chi connectivity index (χ3v) is 3.65. The Kier molecular flexibility index (Phi) is 4.39. The standard InChI is InChI=1S/C14H12BrClN2/c1-10-7-11(14(16)13(15)8-10)9-17-18-12-5-3-2-4-6-12/h2-9,18H,1H3. The highest BCUT2D eigenvalue weighted by atomic mass is 79.9. The van der Waals surface area contributed by atoms with Crippen LogP contribution in [-0.2, 0) is 0 Å². The van der Waals surface area contributed by atoms with E-state index in [1.54, 1.807) is 6.21 Å². The molecule has 0 heterocycles. The predicted octanol–water partition coefficient (Wildman–Crippen LogP) is 4.86. The molecule has 4 heteroatoms. The van der Waals surface area contributed by atoms with E-state index in [-0.39, 0.29) is 0 Å². The van der Waals surface area contributed by atoms with E-state index in [1.807, 2.05) is 49.4 Å². The Morgan fingerprint density at radius 1 is 1.22 bits per heavy atom. The zero-order valence-electron chi connectivity index (χ0n) is 9.82. The summed E-state index contributed by atoms with van der Waals surface area (Å²) in [4.78, 5) is 0. The zero-order valence-corrected chi connectivity index (χ0v) is 12.2. The molecular formula is C14H12BrClN2. The van der Waals surface area contributed by atoms with Crippen LogP contribution in [0.3, 0.4) is 0 Å². The third kappa shape index (κ3) is 3.34. The van der Waals surface area contributed by atoms with Gasteiger partial charge in [-0.3, -0.25) is 5.43 Å². The van der Waals surface area contributed by atoms with Crippen molar-refractivity contribution in [2.75, 3.05) is 5.43 Å². The van der Waals surface area contributed by atoms with Gasteiger partial charge in [-0.05, 0) is 52.7 Å². The first-order valence-corrected chi connectivity index (χ1v) is 6.63. The van der Waals surface area contributed by atoms with Gasteiger partial charge in [-0.15, -0.1) is 0 Å². The first-order valence-electron chi connectivity index (χ1n) is 5.46. The summed E-state index contributed by atoms with van der Waals surface area (Å²) in [5, 5.41) is 4.84. The molecule has 0 unspecified atom stereocenters. The second-order valence-electron chi connectivity index (χ2n) is 3.89. The van der Waals surface area contributed by atoms with Gasteiger partial charge in [-0.25, -0.2) is 0 Å². The van der Waals surface area contributed by atoms with E-state index in [2.05, 4.69) is 26.5 Å². The van der Waals surface area contributed by atoms with Crippen molar-refractivity contribution in [1.29, 1.82) is 0 Å². The number of rotatable bonds is 3. The second-order valence-corrected chi connectivity index (χ2v) is 5.12. The zero-order chi connectivity index (χ0) is 13.0. The molecule has 0 spiro atoms. The highest BCUT2D eigenvalue weighted by molar-refractivity contribution is 9.10. The monoisotopic (exact) mass is 322 g/mol. The summed E-state index contributed by atoms with van der Waals surface area (Å²) in [6, 6.07) is 13.7. The molecule has 2 nitrogen and oxygen atoms in total. The number of halogens is 2. The lowest BCUT2D eigenvalue weighted by atomic mass is 10.1. The number of hydrogen-bond donors (Lipinski definition) is 1. The highest BCUT2D eigenvalue weighted by Gasteiger charge is 2.03. The lowest BCUT2D eigenvalue weighted by Crippen LogP contribution is -1.92. The van der Waals surface area contributed by atoms with E-state index in [4.69, 9.17) is 11.6 Å². The molecule has 0 radical (unpaired) electrons. The van der Waals surface area contributed by atoms with Gasteiger partial charge in [0.2, 0.25) is 0 Å². The summed E-state index contributed by atoms with van der Waals surface area (Å²) in [6.45, 7) is 2.02. The Bertz CT molecular complexity index is 568. The molecule has 0 saturated carbocycles. The summed E-state index contributed by atoms with van der Waals surface area (Å²) in [6.07, 6.45) is 1.72. The highest BCUT2D eigenvalue weighted by Crippen LogP contribution is 2.26. The van der Waals surface area contributed by atoms with Crippen LogP contribution in [0, 0.1) is 6.92 Å². The van der Waals surface area contributed by atoms with Crippen molar-refractivity contribution < 1.29 is 0 Å². The first-order chi connectivity index (χ1) is 8.66. The van der Waals surface area contributed by atoms with Crippen molar-refractivity contribution in [3.8, 4) is 0 Å². The van der Waals surface area contributed by atoms with Gasteiger partial charge in [0.1, 0.15) is 0 Å². The molecule has 2 rings (SSSR count). The molecule has 0 aromatic heterocycles. The van der Waals surface area contributed by atoms with Crippen molar-refractivity contribution >= 4 is 39.4 Å². The van der Waals surface area contributed by atoms with Crippen LogP contribution in [-0.4, -0.2) is 6.21 Å². The van der Waals surface area contributed by atoms with Gasteiger partial charge in [0.15, 0.2) is 0 Å². The number of nitrogens with one attached hydrogen (secondary N) is 1. The Hall–Kier alpha value is -1.32. The SMILES string of the molecule is Cc1cc(Br)c(Cl)c(C=NNc2ccccc2)c1. The Labute approximate surface area is 120 Å². The Balaban J connectivity index is 2.15. The van der Waals surface area contributed by atoms with Gasteiger partial charge in [-0.2, -0.15) is 5.10 Å². The number of hydrogen-bond acceptors (Lipinski definition) is 2. The molecule has 0 aliphatic rings. The van der Waals surface area contributed by atoms with Crippen molar-refractivity contribution in [1.82, 2.24) is 0 Å². The van der Waals surface area contributed by atoms with E-state index >= 15 is 0 Å². The summed E-state index contributed by atoms with van der Waals surface area (Å²) in [7, 11) is 0. The number of nitrogens with zero attached hydrogens (tertiary/aromatic N) is 1. The summed E-state index contributed by atoms with van der Waals surface area (Å²) >= 11 is 9.60. The molecule has 2 aromatic rings. The molecule has 0 fully saturated rings. The minimum absolute atomic E-state index is 0.666. The predicted molar refractivity (Wildman–Crippen MR) is 81.5 cm³/mol. The largest absolute Gasteiger partial charge is 0.279 e. The van der Waals surface area contributed by atoms with Crippen LogP contribution in [0.4, 0.5) is 5.69 Å². The smallest absolute Gasteiger partial charge is 0.0636 e. The minimum atomic E-state index is 0.666. The molecule has 18 heavy (non-hydrogen) atoms. The van der Waals surface area contributed by atoms with Crippen LogP contribution in [0.2, 0.25) is 5.02 Å². The lowest BCUT2D eigenvalue weighted by molar-refractivity contribution is 1.34. The number of hydrazone groups is 1. The lowest BCUT2D eigenvalue weighted by Gasteiger charge is -2.03. The first kappa shape index (κ1) is 13.1. The fourth-order valence-corrected chi connectivity index (χ4v) is 2.28. The van der Waals surface area contributed by atoms with Gasteiger partial charge < -0.3 is 0 Å². The summed E-state index contributed by atoms with van der Waals surface area (Å²) in [5.41, 5.74) is 5.91. The molecule has 1 N–H and O–H groups in total. The quantitative estimate of drug-likeness (QED) is 0.633. The maximum atomic E-state index is 6.18. The van der Waals surface area contributed by atoms with Crippen molar-refractivity contribution in [3.05, 3.63) is 63.1 Å². The Morgan fingerprint density at radius 2 is 1.94 bits per heavy atom. The fraction of sp³-hybridized carbons (Fsp3) is 0.0714. The maximum Gasteiger partial charge on any atom is 0.0636 e.